The third kappa shape index (κ3) is 5.54. The molecular formula is C19H23N2O8P. The molecular weight excluding hydrogens is 415 g/mol. The Morgan fingerprint density at radius 3 is 2.67 bits per heavy atom. The molecule has 4 atom stereocenters. The van der Waals surface area contributed by atoms with E-state index in [2.05, 4.69) is 4.98 Å². The van der Waals surface area contributed by atoms with Crippen molar-refractivity contribution in [1.29, 1.82) is 0 Å². The van der Waals surface area contributed by atoms with E-state index in [0.717, 1.165) is 10.6 Å². The first-order valence-electron chi connectivity index (χ1n) is 9.34. The number of aromatic amines is 1. The zero-order chi connectivity index (χ0) is 21.7. The number of nitrogens with zero attached hydrogens (tertiary/aromatic N) is 1. The SMILES string of the molecule is CCOP(C)(=O)CO[C@@H]1CC(OC(=O)c2ccccc2)[C@H](n2ccc(=O)[nH]c2=O)O1. The monoisotopic (exact) mass is 438 g/mol. The Balaban J connectivity index is 1.79. The largest absolute Gasteiger partial charge is 0.454 e. The summed E-state index contributed by atoms with van der Waals surface area (Å²) in [5.41, 5.74) is -0.947. The predicted octanol–water partition coefficient (Wildman–Crippen LogP) is 1.93. The van der Waals surface area contributed by atoms with Gasteiger partial charge in [-0.1, -0.05) is 18.2 Å². The number of hydrogen-bond acceptors (Lipinski definition) is 8. The van der Waals surface area contributed by atoms with Crippen LogP contribution in [-0.2, 0) is 23.3 Å². The molecule has 2 heterocycles. The van der Waals surface area contributed by atoms with Gasteiger partial charge in [-0.05, 0) is 19.1 Å². The van der Waals surface area contributed by atoms with Crippen LogP contribution in [0.1, 0.15) is 29.9 Å². The van der Waals surface area contributed by atoms with Gasteiger partial charge >= 0.3 is 11.7 Å². The molecule has 0 spiro atoms. The Bertz CT molecular complexity index is 1030. The molecule has 1 aliphatic rings. The van der Waals surface area contributed by atoms with Gasteiger partial charge in [0.1, 0.15) is 6.35 Å². The molecule has 2 aromatic rings. The smallest absolute Gasteiger partial charge is 0.338 e. The molecule has 2 unspecified atom stereocenters. The van der Waals surface area contributed by atoms with Gasteiger partial charge in [0.2, 0.25) is 7.37 Å². The minimum Gasteiger partial charge on any atom is -0.454 e. The summed E-state index contributed by atoms with van der Waals surface area (Å²) in [6.45, 7) is 3.44. The third-order valence-electron chi connectivity index (χ3n) is 4.32. The van der Waals surface area contributed by atoms with Gasteiger partial charge in [0.15, 0.2) is 18.6 Å². The summed E-state index contributed by atoms with van der Waals surface area (Å²) in [5, 5.41) is 0. The molecule has 3 rings (SSSR count). The Kier molecular flexibility index (Phi) is 7.04. The van der Waals surface area contributed by atoms with E-state index in [-0.39, 0.29) is 19.4 Å². The van der Waals surface area contributed by atoms with E-state index in [9.17, 15) is 18.9 Å². The average molecular weight is 438 g/mol. The summed E-state index contributed by atoms with van der Waals surface area (Å²) in [7, 11) is -2.97. The standard InChI is InChI=1S/C19H23N2O8P/c1-3-27-30(2,25)12-26-16-11-14(28-18(23)13-7-5-4-6-8-13)17(29-16)21-10-9-15(22)20-19(21)24/h4-10,14,16-17H,3,11-12H2,1-2H3,(H,20,22,24)/t14?,16-,17+,30?/m0/s1. The van der Waals surface area contributed by atoms with Crippen molar-refractivity contribution in [2.24, 2.45) is 0 Å². The first kappa shape index (κ1) is 22.2. The Morgan fingerprint density at radius 1 is 1.27 bits per heavy atom. The van der Waals surface area contributed by atoms with Crippen LogP contribution >= 0.6 is 7.37 Å². The third-order valence-corrected chi connectivity index (χ3v) is 5.75. The highest BCUT2D eigenvalue weighted by Crippen LogP contribution is 2.43. The van der Waals surface area contributed by atoms with Gasteiger partial charge in [-0.2, -0.15) is 0 Å². The molecule has 0 amide bonds. The topological polar surface area (TPSA) is 126 Å². The minimum atomic E-state index is -2.97. The van der Waals surface area contributed by atoms with Crippen molar-refractivity contribution in [2.75, 3.05) is 19.6 Å². The molecule has 162 valence electrons. The van der Waals surface area contributed by atoms with Crippen LogP contribution in [0.25, 0.3) is 0 Å². The van der Waals surface area contributed by atoms with E-state index in [1.165, 1.54) is 12.9 Å². The van der Waals surface area contributed by atoms with Gasteiger partial charge in [-0.3, -0.25) is 18.9 Å². The molecule has 0 aliphatic carbocycles. The fraction of sp³-hybridized carbons (Fsp3) is 0.421. The van der Waals surface area contributed by atoms with Crippen LogP contribution in [-0.4, -0.2) is 47.5 Å². The molecule has 11 heteroatoms. The lowest BCUT2D eigenvalue weighted by molar-refractivity contribution is -0.147. The summed E-state index contributed by atoms with van der Waals surface area (Å²) in [6, 6.07) is 9.52. The Labute approximate surface area is 172 Å². The van der Waals surface area contributed by atoms with Crippen molar-refractivity contribution in [1.82, 2.24) is 9.55 Å². The van der Waals surface area contributed by atoms with Gasteiger partial charge in [0, 0.05) is 25.3 Å². The highest BCUT2D eigenvalue weighted by molar-refractivity contribution is 7.57. The summed E-state index contributed by atoms with van der Waals surface area (Å²) in [5.74, 6) is -0.595. The maximum atomic E-state index is 12.5. The lowest BCUT2D eigenvalue weighted by atomic mass is 10.2. The lowest BCUT2D eigenvalue weighted by Gasteiger charge is -2.20. The van der Waals surface area contributed by atoms with Crippen LogP contribution in [0.3, 0.4) is 0 Å². The number of rotatable bonds is 8. The van der Waals surface area contributed by atoms with E-state index >= 15 is 0 Å². The quantitative estimate of drug-likeness (QED) is 0.489. The van der Waals surface area contributed by atoms with Crippen LogP contribution < -0.4 is 11.2 Å². The van der Waals surface area contributed by atoms with Crippen molar-refractivity contribution in [3.63, 3.8) is 0 Å². The highest BCUT2D eigenvalue weighted by Gasteiger charge is 2.41. The van der Waals surface area contributed by atoms with Crippen LogP contribution in [0.2, 0.25) is 0 Å². The average Bonchev–Trinajstić information content (AvgIpc) is 3.09. The summed E-state index contributed by atoms with van der Waals surface area (Å²) in [4.78, 5) is 38.2. The fourth-order valence-electron chi connectivity index (χ4n) is 3.00. The molecule has 1 aliphatic heterocycles. The predicted molar refractivity (Wildman–Crippen MR) is 107 cm³/mol. The van der Waals surface area contributed by atoms with Crippen LogP contribution in [0.5, 0.6) is 0 Å². The number of H-pyrrole nitrogens is 1. The Morgan fingerprint density at radius 2 is 2.00 bits per heavy atom. The van der Waals surface area contributed by atoms with Gasteiger partial charge in [-0.15, -0.1) is 0 Å². The lowest BCUT2D eigenvalue weighted by Crippen LogP contribution is -2.36. The summed E-state index contributed by atoms with van der Waals surface area (Å²) < 4.78 is 35.4. The van der Waals surface area contributed by atoms with Crippen molar-refractivity contribution < 1.29 is 28.1 Å². The normalized spacial score (nSPS) is 23.1. The van der Waals surface area contributed by atoms with Crippen molar-refractivity contribution >= 4 is 13.3 Å². The zero-order valence-electron chi connectivity index (χ0n) is 16.6. The number of aromatic nitrogens is 2. The van der Waals surface area contributed by atoms with E-state index in [4.69, 9.17) is 18.7 Å². The van der Waals surface area contributed by atoms with E-state index < -0.39 is 43.2 Å². The number of hydrogen-bond donors (Lipinski definition) is 1. The second-order valence-electron chi connectivity index (χ2n) is 6.75. The van der Waals surface area contributed by atoms with E-state index in [1.807, 2.05) is 0 Å². The molecule has 10 nitrogen and oxygen atoms in total. The van der Waals surface area contributed by atoms with Gasteiger partial charge < -0.3 is 18.7 Å². The molecule has 1 N–H and O–H groups in total. The second kappa shape index (κ2) is 9.53. The number of nitrogens with one attached hydrogen (secondary N) is 1. The van der Waals surface area contributed by atoms with E-state index in [1.54, 1.807) is 37.3 Å². The number of benzene rings is 1. The van der Waals surface area contributed by atoms with Crippen molar-refractivity contribution in [3.05, 3.63) is 69.0 Å². The van der Waals surface area contributed by atoms with Gasteiger partial charge in [0.05, 0.1) is 12.2 Å². The molecule has 1 fully saturated rings. The Hall–Kier alpha value is -2.52. The minimum absolute atomic E-state index is 0.0981. The molecule has 0 saturated carbocycles. The zero-order valence-corrected chi connectivity index (χ0v) is 17.4. The molecule has 0 radical (unpaired) electrons. The number of esters is 1. The molecule has 1 aromatic heterocycles. The molecule has 0 bridgehead atoms. The first-order chi connectivity index (χ1) is 14.3. The summed E-state index contributed by atoms with van der Waals surface area (Å²) in [6.07, 6.45) is -1.65. The second-order valence-corrected chi connectivity index (χ2v) is 9.29. The molecule has 30 heavy (non-hydrogen) atoms. The summed E-state index contributed by atoms with van der Waals surface area (Å²) >= 11 is 0. The molecule has 1 aromatic carbocycles. The molecule has 1 saturated heterocycles. The number of carbonyl (C=O) groups is 1. The van der Waals surface area contributed by atoms with Crippen LogP contribution in [0.15, 0.2) is 52.2 Å². The number of ether oxygens (including phenoxy) is 3. The maximum Gasteiger partial charge on any atom is 0.338 e. The fourth-order valence-corrected chi connectivity index (χ4v) is 4.06. The van der Waals surface area contributed by atoms with E-state index in [0.29, 0.717) is 5.56 Å². The van der Waals surface area contributed by atoms with Crippen molar-refractivity contribution in [2.45, 2.75) is 32.0 Å². The maximum absolute atomic E-state index is 12.5. The highest BCUT2D eigenvalue weighted by atomic mass is 31.2. The van der Waals surface area contributed by atoms with Crippen molar-refractivity contribution in [3.8, 4) is 0 Å². The first-order valence-corrected chi connectivity index (χ1v) is 11.6. The van der Waals surface area contributed by atoms with Crippen LogP contribution in [0, 0.1) is 0 Å². The van der Waals surface area contributed by atoms with Crippen LogP contribution in [0.4, 0.5) is 0 Å². The number of carbonyl (C=O) groups excluding carboxylic acids is 1. The van der Waals surface area contributed by atoms with Gasteiger partial charge in [-0.25, -0.2) is 9.59 Å². The van der Waals surface area contributed by atoms with Gasteiger partial charge in [0.25, 0.3) is 5.56 Å².